The van der Waals surface area contributed by atoms with Gasteiger partial charge in [-0.25, -0.2) is 13.2 Å². The van der Waals surface area contributed by atoms with Crippen LogP contribution in [0.4, 0.5) is 5.69 Å². The molecule has 0 spiro atoms. The summed E-state index contributed by atoms with van der Waals surface area (Å²) in [5, 5.41) is 0. The maximum atomic E-state index is 13.1. The Balaban J connectivity index is 1.88. The van der Waals surface area contributed by atoms with Crippen molar-refractivity contribution in [3.63, 3.8) is 0 Å². The molecule has 4 rings (SSSR count). The fourth-order valence-corrected chi connectivity index (χ4v) is 4.67. The van der Waals surface area contributed by atoms with Gasteiger partial charge in [-0.2, -0.15) is 0 Å². The van der Waals surface area contributed by atoms with E-state index in [0.29, 0.717) is 28.1 Å². The number of ether oxygens (including phenoxy) is 1. The van der Waals surface area contributed by atoms with Crippen molar-refractivity contribution in [2.24, 2.45) is 14.1 Å². The van der Waals surface area contributed by atoms with E-state index in [0.717, 1.165) is 0 Å². The summed E-state index contributed by atoms with van der Waals surface area (Å²) in [4.78, 5) is 12.5. The Bertz CT molecular complexity index is 1400. The number of hydrogen-bond donors (Lipinski definition) is 1. The molecule has 7 nitrogen and oxygen atoms in total. The van der Waals surface area contributed by atoms with Gasteiger partial charge in [0.05, 0.1) is 21.6 Å². The number of para-hydroxylation sites is 1. The number of hydrogen-bond acceptors (Lipinski definition) is 4. The van der Waals surface area contributed by atoms with Crippen molar-refractivity contribution in [3.8, 4) is 11.5 Å². The quantitative estimate of drug-likeness (QED) is 0.530. The van der Waals surface area contributed by atoms with Crippen LogP contribution in [0.25, 0.3) is 11.0 Å². The highest BCUT2D eigenvalue weighted by Gasteiger charge is 2.21. The molecule has 3 aromatic carbocycles. The molecule has 0 saturated carbocycles. The predicted molar refractivity (Wildman–Crippen MR) is 117 cm³/mol. The Hall–Kier alpha value is -3.52. The number of aryl methyl sites for hydroxylation is 3. The van der Waals surface area contributed by atoms with Gasteiger partial charge in [-0.05, 0) is 36.8 Å². The van der Waals surface area contributed by atoms with Gasteiger partial charge in [0, 0.05) is 20.2 Å². The lowest BCUT2D eigenvalue weighted by atomic mass is 10.2. The van der Waals surface area contributed by atoms with Gasteiger partial charge in [0.2, 0.25) is 0 Å². The number of benzene rings is 3. The van der Waals surface area contributed by atoms with Crippen molar-refractivity contribution in [1.29, 1.82) is 0 Å². The van der Waals surface area contributed by atoms with E-state index in [1.165, 1.54) is 9.13 Å². The smallest absolute Gasteiger partial charge is 0.328 e. The molecular formula is C22H21N3O4S. The van der Waals surface area contributed by atoms with Gasteiger partial charge in [-0.3, -0.25) is 13.9 Å². The molecule has 154 valence electrons. The minimum atomic E-state index is -3.87. The molecule has 0 unspecified atom stereocenters. The lowest BCUT2D eigenvalue weighted by molar-refractivity contribution is 0.485. The van der Waals surface area contributed by atoms with Crippen LogP contribution in [0.2, 0.25) is 0 Å². The summed E-state index contributed by atoms with van der Waals surface area (Å²) >= 11 is 0. The SMILES string of the molecule is Cc1ccccc1S(=O)(=O)Nc1cc2c(cc1Oc1ccccc1)n(C)c(=O)n2C. The van der Waals surface area contributed by atoms with Crippen LogP contribution >= 0.6 is 0 Å². The monoisotopic (exact) mass is 423 g/mol. The number of aromatic nitrogens is 2. The van der Waals surface area contributed by atoms with Crippen LogP contribution in [0, 0.1) is 6.92 Å². The molecule has 0 amide bonds. The number of nitrogens with one attached hydrogen (secondary N) is 1. The van der Waals surface area contributed by atoms with Crippen LogP contribution in [0.15, 0.2) is 76.4 Å². The molecule has 0 atom stereocenters. The summed E-state index contributed by atoms with van der Waals surface area (Å²) < 4.78 is 37.7. The van der Waals surface area contributed by atoms with E-state index in [9.17, 15) is 13.2 Å². The number of nitrogens with zero attached hydrogens (tertiary/aromatic N) is 2. The highest BCUT2D eigenvalue weighted by atomic mass is 32.2. The van der Waals surface area contributed by atoms with E-state index in [1.807, 2.05) is 18.2 Å². The van der Waals surface area contributed by atoms with E-state index < -0.39 is 10.0 Å². The second-order valence-electron chi connectivity index (χ2n) is 7.02. The third kappa shape index (κ3) is 3.46. The first-order chi connectivity index (χ1) is 14.3. The molecule has 0 aliphatic carbocycles. The van der Waals surface area contributed by atoms with Crippen LogP contribution in [0.3, 0.4) is 0 Å². The van der Waals surface area contributed by atoms with Crippen LogP contribution in [0.5, 0.6) is 11.5 Å². The molecule has 0 fully saturated rings. The van der Waals surface area contributed by atoms with Crippen LogP contribution < -0.4 is 15.1 Å². The van der Waals surface area contributed by atoms with E-state index in [2.05, 4.69) is 4.72 Å². The highest BCUT2D eigenvalue weighted by molar-refractivity contribution is 7.92. The molecule has 0 aliphatic heterocycles. The maximum absolute atomic E-state index is 13.1. The molecule has 0 aliphatic rings. The minimum absolute atomic E-state index is 0.178. The van der Waals surface area contributed by atoms with Crippen LogP contribution in [0.1, 0.15) is 5.56 Å². The van der Waals surface area contributed by atoms with Crippen LogP contribution in [-0.2, 0) is 24.1 Å². The summed E-state index contributed by atoms with van der Waals surface area (Å²) in [6, 6.07) is 19.1. The predicted octanol–water partition coefficient (Wildman–Crippen LogP) is 3.78. The van der Waals surface area contributed by atoms with Gasteiger partial charge < -0.3 is 4.74 Å². The average molecular weight is 423 g/mol. The maximum Gasteiger partial charge on any atom is 0.328 e. The molecule has 0 bridgehead atoms. The first-order valence-electron chi connectivity index (χ1n) is 9.29. The summed E-state index contributed by atoms with van der Waals surface area (Å²) in [6.45, 7) is 1.74. The van der Waals surface area contributed by atoms with E-state index in [4.69, 9.17) is 4.74 Å². The molecule has 0 saturated heterocycles. The number of imidazole rings is 1. The number of rotatable bonds is 5. The molecule has 4 aromatic rings. The van der Waals surface area contributed by atoms with Crippen molar-refractivity contribution < 1.29 is 13.2 Å². The number of sulfonamides is 1. The Kier molecular flexibility index (Phi) is 4.87. The average Bonchev–Trinajstić information content (AvgIpc) is 2.93. The summed E-state index contributed by atoms with van der Waals surface area (Å²) in [6.07, 6.45) is 0. The van der Waals surface area contributed by atoms with Gasteiger partial charge in [0.15, 0.2) is 5.75 Å². The van der Waals surface area contributed by atoms with Gasteiger partial charge in [0.1, 0.15) is 5.75 Å². The Morgan fingerprint density at radius 1 is 0.867 bits per heavy atom. The summed E-state index contributed by atoms with van der Waals surface area (Å²) in [5.74, 6) is 0.848. The largest absolute Gasteiger partial charge is 0.455 e. The van der Waals surface area contributed by atoms with Gasteiger partial charge >= 0.3 is 5.69 Å². The van der Waals surface area contributed by atoms with Gasteiger partial charge in [0.25, 0.3) is 10.0 Å². The molecule has 1 heterocycles. The fourth-order valence-electron chi connectivity index (χ4n) is 3.36. The van der Waals surface area contributed by atoms with Crippen molar-refractivity contribution in [2.75, 3.05) is 4.72 Å². The third-order valence-electron chi connectivity index (χ3n) is 4.97. The lowest BCUT2D eigenvalue weighted by Crippen LogP contribution is -2.19. The number of anilines is 1. The van der Waals surface area contributed by atoms with Gasteiger partial charge in [-0.1, -0.05) is 36.4 Å². The van der Waals surface area contributed by atoms with Gasteiger partial charge in [-0.15, -0.1) is 0 Å². The zero-order valence-electron chi connectivity index (χ0n) is 16.8. The minimum Gasteiger partial charge on any atom is -0.455 e. The van der Waals surface area contributed by atoms with Crippen LogP contribution in [-0.4, -0.2) is 17.6 Å². The van der Waals surface area contributed by atoms with E-state index >= 15 is 0 Å². The van der Waals surface area contributed by atoms with Crippen molar-refractivity contribution >= 4 is 26.7 Å². The first kappa shape index (κ1) is 19.8. The Morgan fingerprint density at radius 2 is 1.47 bits per heavy atom. The van der Waals surface area contributed by atoms with Crippen molar-refractivity contribution in [1.82, 2.24) is 9.13 Å². The second kappa shape index (κ2) is 7.38. The molecule has 30 heavy (non-hydrogen) atoms. The Morgan fingerprint density at radius 3 is 2.13 bits per heavy atom. The number of fused-ring (bicyclic) bond motifs is 1. The normalized spacial score (nSPS) is 11.6. The topological polar surface area (TPSA) is 82.3 Å². The molecule has 1 aromatic heterocycles. The lowest BCUT2D eigenvalue weighted by Gasteiger charge is -2.15. The highest BCUT2D eigenvalue weighted by Crippen LogP contribution is 2.35. The Labute approximate surface area is 174 Å². The van der Waals surface area contributed by atoms with E-state index in [-0.39, 0.29) is 16.3 Å². The molecular weight excluding hydrogens is 402 g/mol. The van der Waals surface area contributed by atoms with E-state index in [1.54, 1.807) is 69.6 Å². The molecule has 0 radical (unpaired) electrons. The summed E-state index contributed by atoms with van der Waals surface area (Å²) in [7, 11) is -0.566. The zero-order valence-corrected chi connectivity index (χ0v) is 17.6. The third-order valence-corrected chi connectivity index (χ3v) is 6.50. The van der Waals surface area contributed by atoms with Crippen molar-refractivity contribution in [2.45, 2.75) is 11.8 Å². The summed E-state index contributed by atoms with van der Waals surface area (Å²) in [5.41, 5.74) is 1.88. The zero-order chi connectivity index (χ0) is 21.5. The molecule has 1 N–H and O–H groups in total. The second-order valence-corrected chi connectivity index (χ2v) is 8.67. The first-order valence-corrected chi connectivity index (χ1v) is 10.8. The molecule has 8 heteroatoms. The standard InChI is InChI=1S/C22H21N3O4S/c1-15-9-7-8-12-21(15)30(27,28)23-17-13-18-19(25(3)22(26)24(18)2)14-20(17)29-16-10-5-4-6-11-16/h4-14,23H,1-3H3. The fraction of sp³-hybridized carbons (Fsp3) is 0.136. The van der Waals surface area contributed by atoms with Crippen molar-refractivity contribution in [3.05, 3.63) is 82.8 Å².